The van der Waals surface area contributed by atoms with E-state index in [9.17, 15) is 9.50 Å². The van der Waals surface area contributed by atoms with Crippen LogP contribution < -0.4 is 5.73 Å². The van der Waals surface area contributed by atoms with Crippen molar-refractivity contribution in [3.05, 3.63) is 41.9 Å². The highest BCUT2D eigenvalue weighted by Crippen LogP contribution is 2.16. The molecule has 0 aliphatic rings. The zero-order chi connectivity index (χ0) is 11.3. The molecule has 1 unspecified atom stereocenters. The molecule has 3 N–H and O–H groups in total. The fraction of sp³-hybridized carbons (Fsp3) is 0.182. The highest BCUT2D eigenvalue weighted by molar-refractivity contribution is 5.81. The summed E-state index contributed by atoms with van der Waals surface area (Å²) in [5, 5.41) is 9.23. The Morgan fingerprint density at radius 3 is 2.73 bits per heavy atom. The van der Waals surface area contributed by atoms with Crippen molar-refractivity contribution in [1.82, 2.24) is 0 Å². The standard InChI is InChI=1S/C11H13FN2O/c1-8(15)9(6-13)7-14-11-5-3-2-4-10(11)12/h2-8,15H,13H2,1H3. The average molecular weight is 208 g/mol. The maximum atomic E-state index is 13.1. The first kappa shape index (κ1) is 11.4. The van der Waals surface area contributed by atoms with Crippen LogP contribution in [0.4, 0.5) is 10.1 Å². The summed E-state index contributed by atoms with van der Waals surface area (Å²) in [6, 6.07) is 6.13. The van der Waals surface area contributed by atoms with Crippen LogP contribution in [-0.2, 0) is 0 Å². The molecule has 1 aromatic carbocycles. The molecule has 3 nitrogen and oxygen atoms in total. The third kappa shape index (κ3) is 3.18. The quantitative estimate of drug-likeness (QED) is 0.743. The van der Waals surface area contributed by atoms with Gasteiger partial charge in [0.15, 0.2) is 0 Å². The van der Waals surface area contributed by atoms with Crippen LogP contribution in [0.3, 0.4) is 0 Å². The molecule has 1 aromatic rings. The Kier molecular flexibility index (Phi) is 4.00. The van der Waals surface area contributed by atoms with Gasteiger partial charge in [0.25, 0.3) is 0 Å². The van der Waals surface area contributed by atoms with Crippen LogP contribution in [0.5, 0.6) is 0 Å². The molecule has 0 saturated heterocycles. The maximum Gasteiger partial charge on any atom is 0.148 e. The molecule has 0 aliphatic heterocycles. The summed E-state index contributed by atoms with van der Waals surface area (Å²) in [5.74, 6) is -0.407. The number of halogens is 1. The predicted octanol–water partition coefficient (Wildman–Crippen LogP) is 1.75. The van der Waals surface area contributed by atoms with Crippen molar-refractivity contribution >= 4 is 11.9 Å². The summed E-state index contributed by atoms with van der Waals surface area (Å²) in [6.07, 6.45) is 1.88. The van der Waals surface area contributed by atoms with Gasteiger partial charge in [-0.15, -0.1) is 0 Å². The van der Waals surface area contributed by atoms with Gasteiger partial charge in [-0.3, -0.25) is 4.99 Å². The van der Waals surface area contributed by atoms with E-state index in [0.717, 1.165) is 0 Å². The van der Waals surface area contributed by atoms with Crippen molar-refractivity contribution < 1.29 is 9.50 Å². The van der Waals surface area contributed by atoms with E-state index in [2.05, 4.69) is 4.99 Å². The molecule has 1 atom stereocenters. The van der Waals surface area contributed by atoms with Crippen LogP contribution in [0.2, 0.25) is 0 Å². The SMILES string of the molecule is CC(O)C(C=Nc1ccccc1F)=CN. The normalized spacial score (nSPS) is 14.5. The molecular formula is C11H13FN2O. The van der Waals surface area contributed by atoms with Gasteiger partial charge in [0.1, 0.15) is 5.82 Å². The molecule has 0 aromatic heterocycles. The lowest BCUT2D eigenvalue weighted by Gasteiger charge is -2.03. The van der Waals surface area contributed by atoms with E-state index in [-0.39, 0.29) is 5.69 Å². The molecule has 0 bridgehead atoms. The van der Waals surface area contributed by atoms with Gasteiger partial charge < -0.3 is 10.8 Å². The lowest BCUT2D eigenvalue weighted by atomic mass is 10.2. The molecule has 1 rings (SSSR count). The molecular weight excluding hydrogens is 195 g/mol. The molecule has 0 saturated carbocycles. The average Bonchev–Trinajstić information content (AvgIpc) is 2.21. The van der Waals surface area contributed by atoms with Gasteiger partial charge in [-0.05, 0) is 19.1 Å². The lowest BCUT2D eigenvalue weighted by Crippen LogP contribution is -2.07. The number of aliphatic hydroxyl groups is 1. The van der Waals surface area contributed by atoms with Crippen molar-refractivity contribution in [3.63, 3.8) is 0 Å². The van der Waals surface area contributed by atoms with Gasteiger partial charge in [0.2, 0.25) is 0 Å². The summed E-state index contributed by atoms with van der Waals surface area (Å²) in [4.78, 5) is 3.89. The van der Waals surface area contributed by atoms with E-state index >= 15 is 0 Å². The Hall–Kier alpha value is -1.68. The summed E-state index contributed by atoms with van der Waals surface area (Å²) in [7, 11) is 0. The van der Waals surface area contributed by atoms with E-state index < -0.39 is 11.9 Å². The van der Waals surface area contributed by atoms with E-state index in [0.29, 0.717) is 5.57 Å². The fourth-order valence-electron chi connectivity index (χ4n) is 0.991. The summed E-state index contributed by atoms with van der Waals surface area (Å²) in [6.45, 7) is 1.56. The van der Waals surface area contributed by atoms with Crippen molar-refractivity contribution in [2.75, 3.05) is 0 Å². The first-order chi connectivity index (χ1) is 7.15. The van der Waals surface area contributed by atoms with Gasteiger partial charge in [-0.1, -0.05) is 12.1 Å². The van der Waals surface area contributed by atoms with Crippen molar-refractivity contribution in [2.24, 2.45) is 10.7 Å². The fourth-order valence-corrected chi connectivity index (χ4v) is 0.991. The minimum Gasteiger partial charge on any atom is -0.404 e. The Labute approximate surface area is 87.8 Å². The number of hydrogen-bond donors (Lipinski definition) is 2. The number of nitrogens with two attached hydrogens (primary N) is 1. The van der Waals surface area contributed by atoms with E-state index in [1.54, 1.807) is 25.1 Å². The smallest absolute Gasteiger partial charge is 0.148 e. The minimum atomic E-state index is -0.717. The van der Waals surface area contributed by atoms with E-state index in [1.807, 2.05) is 0 Å². The second-order valence-electron chi connectivity index (χ2n) is 3.05. The highest BCUT2D eigenvalue weighted by Gasteiger charge is 2.01. The number of aliphatic imine (C=N–C) groups is 1. The van der Waals surface area contributed by atoms with Crippen LogP contribution in [0.15, 0.2) is 41.0 Å². The van der Waals surface area contributed by atoms with Crippen LogP contribution in [-0.4, -0.2) is 17.4 Å². The zero-order valence-corrected chi connectivity index (χ0v) is 8.39. The number of hydrogen-bond acceptors (Lipinski definition) is 3. The molecule has 0 heterocycles. The number of nitrogens with zero attached hydrogens (tertiary/aromatic N) is 1. The second-order valence-corrected chi connectivity index (χ2v) is 3.05. The first-order valence-corrected chi connectivity index (χ1v) is 4.53. The van der Waals surface area contributed by atoms with Crippen LogP contribution in [0, 0.1) is 5.82 Å². The van der Waals surface area contributed by atoms with E-state index in [1.165, 1.54) is 18.5 Å². The van der Waals surface area contributed by atoms with Crippen molar-refractivity contribution in [3.8, 4) is 0 Å². The summed E-state index contributed by atoms with van der Waals surface area (Å²) >= 11 is 0. The number of benzene rings is 1. The molecule has 0 aliphatic carbocycles. The molecule has 15 heavy (non-hydrogen) atoms. The van der Waals surface area contributed by atoms with Gasteiger partial charge in [0, 0.05) is 18.0 Å². The second kappa shape index (κ2) is 5.26. The molecule has 0 amide bonds. The van der Waals surface area contributed by atoms with Crippen LogP contribution >= 0.6 is 0 Å². The molecule has 0 fully saturated rings. The van der Waals surface area contributed by atoms with Crippen molar-refractivity contribution in [1.29, 1.82) is 0 Å². The summed E-state index contributed by atoms with van der Waals surface area (Å²) in [5.41, 5.74) is 5.93. The predicted molar refractivity (Wildman–Crippen MR) is 58.5 cm³/mol. The summed E-state index contributed by atoms with van der Waals surface area (Å²) < 4.78 is 13.1. The van der Waals surface area contributed by atoms with E-state index in [4.69, 9.17) is 5.73 Å². The molecule has 0 radical (unpaired) electrons. The number of rotatable bonds is 3. The van der Waals surface area contributed by atoms with Crippen LogP contribution in [0.25, 0.3) is 0 Å². The zero-order valence-electron chi connectivity index (χ0n) is 8.39. The largest absolute Gasteiger partial charge is 0.404 e. The molecule has 80 valence electrons. The Bertz CT molecular complexity index is 386. The third-order valence-corrected chi connectivity index (χ3v) is 1.88. The topological polar surface area (TPSA) is 58.6 Å². The highest BCUT2D eigenvalue weighted by atomic mass is 19.1. The Balaban J connectivity index is 2.86. The Morgan fingerprint density at radius 2 is 2.20 bits per heavy atom. The van der Waals surface area contributed by atoms with Gasteiger partial charge in [-0.2, -0.15) is 0 Å². The van der Waals surface area contributed by atoms with Gasteiger partial charge >= 0.3 is 0 Å². The van der Waals surface area contributed by atoms with Gasteiger partial charge in [-0.25, -0.2) is 4.39 Å². The lowest BCUT2D eigenvalue weighted by molar-refractivity contribution is 0.238. The minimum absolute atomic E-state index is 0.220. The number of aliphatic hydroxyl groups excluding tert-OH is 1. The Morgan fingerprint density at radius 1 is 1.53 bits per heavy atom. The molecule has 0 spiro atoms. The van der Waals surface area contributed by atoms with Gasteiger partial charge in [0.05, 0.1) is 11.8 Å². The monoisotopic (exact) mass is 208 g/mol. The number of para-hydroxylation sites is 1. The maximum absolute atomic E-state index is 13.1. The third-order valence-electron chi connectivity index (χ3n) is 1.88. The van der Waals surface area contributed by atoms with Crippen molar-refractivity contribution in [2.45, 2.75) is 13.0 Å². The van der Waals surface area contributed by atoms with Crippen LogP contribution in [0.1, 0.15) is 6.92 Å². The first-order valence-electron chi connectivity index (χ1n) is 4.53. The molecule has 4 heteroatoms.